The molecule has 0 bridgehead atoms. The summed E-state index contributed by atoms with van der Waals surface area (Å²) in [6.07, 6.45) is 4.06. The number of piperidine rings is 1. The Balaban J connectivity index is 1.22. The summed E-state index contributed by atoms with van der Waals surface area (Å²) in [4.78, 5) is 29.6. The molecule has 3 aliphatic heterocycles. The fraction of sp³-hybridized carbons (Fsp3) is 0.450. The molecular formula is C40H50N6O5Si. The van der Waals surface area contributed by atoms with Crippen LogP contribution in [0.25, 0.3) is 0 Å². The van der Waals surface area contributed by atoms with Crippen LogP contribution in [-0.2, 0) is 26.5 Å². The first kappa shape index (κ1) is 36.0. The summed E-state index contributed by atoms with van der Waals surface area (Å²) in [5, 5.41) is 26.9. The van der Waals surface area contributed by atoms with Gasteiger partial charge in [0, 0.05) is 43.5 Å². The van der Waals surface area contributed by atoms with Crippen LogP contribution in [0.4, 0.5) is 11.4 Å². The molecule has 12 heteroatoms. The number of fused-ring (bicyclic) bond motifs is 2. The van der Waals surface area contributed by atoms with E-state index in [1.165, 1.54) is 5.19 Å². The number of methoxy groups -OCH3 is 1. The Kier molecular flexibility index (Phi) is 10.1. The number of benzene rings is 3. The lowest BCUT2D eigenvalue weighted by molar-refractivity contribution is -0.145. The average Bonchev–Trinajstić information content (AvgIpc) is 3.82. The third kappa shape index (κ3) is 6.35. The van der Waals surface area contributed by atoms with Gasteiger partial charge >= 0.3 is 0 Å². The normalized spacial score (nSPS) is 25.0. The molecule has 3 N–H and O–H groups in total. The Bertz CT molecular complexity index is 1900. The van der Waals surface area contributed by atoms with Crippen LogP contribution in [0.5, 0.6) is 5.75 Å². The molecule has 1 aromatic heterocycles. The Morgan fingerprint density at radius 3 is 2.62 bits per heavy atom. The fourth-order valence-electron chi connectivity index (χ4n) is 8.98. The zero-order chi connectivity index (χ0) is 36.6. The number of nitrogens with one attached hydrogen (secondary N) is 2. The van der Waals surface area contributed by atoms with Gasteiger partial charge in [-0.1, -0.05) is 72.9 Å². The fourth-order valence-corrected chi connectivity index (χ4v) is 13.0. The van der Waals surface area contributed by atoms with Crippen molar-refractivity contribution < 1.29 is 24.2 Å². The van der Waals surface area contributed by atoms with E-state index in [0.717, 1.165) is 42.0 Å². The van der Waals surface area contributed by atoms with E-state index < -0.39 is 13.7 Å². The Morgan fingerprint density at radius 2 is 1.92 bits per heavy atom. The van der Waals surface area contributed by atoms with E-state index >= 15 is 0 Å². The van der Waals surface area contributed by atoms with Crippen LogP contribution in [0, 0.1) is 11.8 Å². The number of carbonyl (C=O) groups is 2. The minimum absolute atomic E-state index is 0.00836. The largest absolute Gasteiger partial charge is 0.497 e. The molecule has 0 radical (unpaired) electrons. The molecule has 2 amide bonds. The van der Waals surface area contributed by atoms with Gasteiger partial charge in [0.25, 0.3) is 5.91 Å². The van der Waals surface area contributed by atoms with Crippen LogP contribution in [-0.4, -0.2) is 79.9 Å². The monoisotopic (exact) mass is 722 g/mol. The van der Waals surface area contributed by atoms with Gasteiger partial charge in [0.2, 0.25) is 5.91 Å². The first-order chi connectivity index (χ1) is 25.1. The minimum atomic E-state index is -2.34. The first-order valence-corrected chi connectivity index (χ1v) is 21.5. The SMILES string of the molecule is COc1ccc([Si](C)(C)[C@H]2[C@H](CCn3cc(C(CO)c4ccccc4)nn3)O[C@@]3(C(=O)N(C)c4ccc(NC(=O)C5CCCNC5)cc43)[C@@H]2C)cc1. The topological polar surface area (TPSA) is 131 Å². The number of hydrogen-bond acceptors (Lipinski definition) is 8. The van der Waals surface area contributed by atoms with Crippen molar-refractivity contribution in [2.24, 2.45) is 11.8 Å². The van der Waals surface area contributed by atoms with Crippen LogP contribution in [0.2, 0.25) is 18.6 Å². The van der Waals surface area contributed by atoms with Crippen LogP contribution in [0.15, 0.2) is 79.0 Å². The molecule has 52 heavy (non-hydrogen) atoms. The van der Waals surface area contributed by atoms with Gasteiger partial charge in [-0.2, -0.15) is 0 Å². The lowest BCUT2D eigenvalue weighted by atomic mass is 9.82. The van der Waals surface area contributed by atoms with Crippen LogP contribution < -0.4 is 25.5 Å². The molecule has 3 aromatic carbocycles. The van der Waals surface area contributed by atoms with Crippen molar-refractivity contribution in [3.05, 3.63) is 95.8 Å². The Labute approximate surface area is 306 Å². The molecule has 1 spiro atoms. The molecule has 2 saturated heterocycles. The van der Waals surface area contributed by atoms with E-state index in [1.807, 2.05) is 78.6 Å². The number of aromatic nitrogens is 3. The van der Waals surface area contributed by atoms with E-state index in [2.05, 4.69) is 53.1 Å². The molecule has 0 saturated carbocycles. The number of aliphatic hydroxyl groups is 1. The quantitative estimate of drug-likeness (QED) is 0.191. The first-order valence-electron chi connectivity index (χ1n) is 18.4. The predicted octanol–water partition coefficient (Wildman–Crippen LogP) is 4.63. The van der Waals surface area contributed by atoms with E-state index in [0.29, 0.717) is 30.9 Å². The number of likely N-dealkylation sites (N-methyl/N-ethyl adjacent to an activating group) is 1. The van der Waals surface area contributed by atoms with Crippen LogP contribution in [0.3, 0.4) is 0 Å². The molecule has 11 nitrogen and oxygen atoms in total. The molecule has 7 rings (SSSR count). The standard InChI is InChI=1S/C40H50N6O5Si/c1-26-37(52(4,5)31-16-14-30(50-3)15-17-31)36(19-21-46-24-34(43-44-46)32(25-47)27-10-7-6-8-11-27)51-40(26)33-22-29(13-18-35(33)45(2)39(40)49)42-38(48)28-12-9-20-41-23-28/h6-8,10-11,13-18,22,24,26,28,32,36-37,41,47H,9,12,19-21,23,25H2,1-5H3,(H,42,48)/t26-,28?,32?,36+,37-,40+/m1/s1. The summed E-state index contributed by atoms with van der Waals surface area (Å²) in [5.41, 5.74) is 2.79. The van der Waals surface area contributed by atoms with Gasteiger partial charge in [0.05, 0.1) is 51.1 Å². The summed E-state index contributed by atoms with van der Waals surface area (Å²) in [7, 11) is 1.14. The molecule has 6 atom stereocenters. The zero-order valence-electron chi connectivity index (χ0n) is 30.7. The van der Waals surface area contributed by atoms with Gasteiger partial charge in [0.1, 0.15) is 5.75 Å². The van der Waals surface area contributed by atoms with E-state index in [4.69, 9.17) is 9.47 Å². The number of aryl methyl sites for hydroxylation is 1. The molecule has 3 aliphatic rings. The lowest BCUT2D eigenvalue weighted by Crippen LogP contribution is -2.51. The van der Waals surface area contributed by atoms with Gasteiger partial charge in [-0.25, -0.2) is 0 Å². The molecule has 4 aromatic rings. The molecule has 274 valence electrons. The average molecular weight is 723 g/mol. The molecule has 2 fully saturated rings. The maximum absolute atomic E-state index is 14.6. The molecule has 0 aliphatic carbocycles. The third-order valence-corrected chi connectivity index (χ3v) is 16.2. The van der Waals surface area contributed by atoms with Crippen molar-refractivity contribution in [3.63, 3.8) is 0 Å². The number of amides is 2. The van der Waals surface area contributed by atoms with Crippen LogP contribution >= 0.6 is 0 Å². The summed E-state index contributed by atoms with van der Waals surface area (Å²) >= 11 is 0. The van der Waals surface area contributed by atoms with Crippen molar-refractivity contribution in [1.82, 2.24) is 20.3 Å². The summed E-state index contributed by atoms with van der Waals surface area (Å²) < 4.78 is 14.5. The third-order valence-electron chi connectivity index (χ3n) is 11.8. The Morgan fingerprint density at radius 1 is 1.15 bits per heavy atom. The van der Waals surface area contributed by atoms with Gasteiger partial charge < -0.3 is 30.1 Å². The highest BCUT2D eigenvalue weighted by Gasteiger charge is 2.65. The predicted molar refractivity (Wildman–Crippen MR) is 204 cm³/mol. The van der Waals surface area contributed by atoms with Crippen LogP contribution in [0.1, 0.15) is 48.9 Å². The number of nitrogens with zero attached hydrogens (tertiary/aromatic N) is 4. The summed E-state index contributed by atoms with van der Waals surface area (Å²) in [6.45, 7) is 8.95. The van der Waals surface area contributed by atoms with Crippen molar-refractivity contribution in [2.45, 2.75) is 69.0 Å². The number of anilines is 2. The van der Waals surface area contributed by atoms with Gasteiger partial charge in [0.15, 0.2) is 5.60 Å². The second-order valence-corrected chi connectivity index (χ2v) is 19.8. The second-order valence-electron chi connectivity index (χ2n) is 15.1. The lowest BCUT2D eigenvalue weighted by Gasteiger charge is -2.37. The molecule has 4 heterocycles. The Hall–Kier alpha value is -4.36. The smallest absolute Gasteiger partial charge is 0.264 e. The van der Waals surface area contributed by atoms with E-state index in [1.54, 1.807) is 12.0 Å². The summed E-state index contributed by atoms with van der Waals surface area (Å²) in [5.74, 6) is 0.168. The minimum Gasteiger partial charge on any atom is -0.497 e. The highest BCUT2D eigenvalue weighted by atomic mass is 28.3. The number of rotatable bonds is 11. The van der Waals surface area contributed by atoms with Crippen molar-refractivity contribution >= 4 is 36.4 Å². The zero-order valence-corrected chi connectivity index (χ0v) is 31.7. The van der Waals surface area contributed by atoms with Crippen molar-refractivity contribution in [1.29, 1.82) is 0 Å². The number of aliphatic hydroxyl groups excluding tert-OH is 1. The highest BCUT2D eigenvalue weighted by Crippen LogP contribution is 2.60. The van der Waals surface area contributed by atoms with Gasteiger partial charge in [-0.3, -0.25) is 14.3 Å². The molecule has 2 unspecified atom stereocenters. The van der Waals surface area contributed by atoms with E-state index in [9.17, 15) is 14.7 Å². The van der Waals surface area contributed by atoms with E-state index in [-0.39, 0.29) is 47.8 Å². The maximum atomic E-state index is 14.6. The van der Waals surface area contributed by atoms with Gasteiger partial charge in [-0.15, -0.1) is 5.10 Å². The van der Waals surface area contributed by atoms with Crippen molar-refractivity contribution in [2.75, 3.05) is 44.1 Å². The second kappa shape index (κ2) is 14.6. The van der Waals surface area contributed by atoms with Gasteiger partial charge in [-0.05, 0) is 67.2 Å². The summed E-state index contributed by atoms with van der Waals surface area (Å²) in [6, 6.07) is 24.0. The number of carbonyl (C=O) groups excluding carboxylic acids is 2. The highest BCUT2D eigenvalue weighted by molar-refractivity contribution is 6.91. The molecular weight excluding hydrogens is 673 g/mol. The van der Waals surface area contributed by atoms with Crippen molar-refractivity contribution in [3.8, 4) is 5.75 Å². The maximum Gasteiger partial charge on any atom is 0.264 e. The number of hydrogen-bond donors (Lipinski definition) is 3. The number of ether oxygens (including phenoxy) is 2.